The van der Waals surface area contributed by atoms with Gasteiger partial charge < -0.3 is 0 Å². The zero-order valence-electron chi connectivity index (χ0n) is 8.87. The number of ketones is 1. The van der Waals surface area contributed by atoms with Gasteiger partial charge in [0.15, 0.2) is 5.78 Å². The summed E-state index contributed by atoms with van der Waals surface area (Å²) in [4.78, 5) is 13.1. The largest absolute Gasteiger partial charge is 0.294 e. The lowest BCUT2D eigenvalue weighted by molar-refractivity contribution is 0.0993. The van der Waals surface area contributed by atoms with Crippen molar-refractivity contribution in [3.63, 3.8) is 0 Å². The summed E-state index contributed by atoms with van der Waals surface area (Å²) < 4.78 is 1.01. The van der Waals surface area contributed by atoms with Crippen LogP contribution in [0.4, 0.5) is 0 Å². The quantitative estimate of drug-likeness (QED) is 0.774. The Morgan fingerprint density at radius 2 is 2.19 bits per heavy atom. The second kappa shape index (κ2) is 4.93. The summed E-state index contributed by atoms with van der Waals surface area (Å²) in [6.45, 7) is 2.01. The first-order chi connectivity index (χ1) is 7.65. The van der Waals surface area contributed by atoms with E-state index < -0.39 is 0 Å². The Balaban J connectivity index is 2.13. The maximum absolute atomic E-state index is 11.9. The highest BCUT2D eigenvalue weighted by atomic mass is 79.9. The molecule has 0 unspecified atom stereocenters. The van der Waals surface area contributed by atoms with Gasteiger partial charge in [0.05, 0.1) is 0 Å². The van der Waals surface area contributed by atoms with Gasteiger partial charge in [-0.25, -0.2) is 0 Å². The minimum atomic E-state index is 0.183. The highest BCUT2D eigenvalue weighted by Gasteiger charge is 2.08. The molecule has 16 heavy (non-hydrogen) atoms. The van der Waals surface area contributed by atoms with Gasteiger partial charge in [-0.3, -0.25) is 4.79 Å². The highest BCUT2D eigenvalue weighted by molar-refractivity contribution is 9.10. The smallest absolute Gasteiger partial charge is 0.168 e. The number of hydrogen-bond acceptors (Lipinski definition) is 2. The number of benzene rings is 1. The molecule has 0 N–H and O–H groups in total. The van der Waals surface area contributed by atoms with Crippen LogP contribution in [0.5, 0.6) is 0 Å². The van der Waals surface area contributed by atoms with Crippen LogP contribution >= 0.6 is 27.3 Å². The number of carbonyl (C=O) groups is 1. The van der Waals surface area contributed by atoms with Crippen LogP contribution in [-0.4, -0.2) is 5.78 Å². The van der Waals surface area contributed by atoms with E-state index in [-0.39, 0.29) is 5.78 Å². The summed E-state index contributed by atoms with van der Waals surface area (Å²) in [7, 11) is 0. The fraction of sp³-hybridized carbons (Fsp3) is 0.154. The van der Waals surface area contributed by atoms with Crippen LogP contribution in [0.1, 0.15) is 20.8 Å². The normalized spacial score (nSPS) is 10.4. The van der Waals surface area contributed by atoms with E-state index in [4.69, 9.17) is 0 Å². The maximum atomic E-state index is 11.9. The molecule has 1 aromatic carbocycles. The molecule has 82 valence electrons. The molecule has 0 aliphatic heterocycles. The van der Waals surface area contributed by atoms with Crippen molar-refractivity contribution in [2.75, 3.05) is 0 Å². The van der Waals surface area contributed by atoms with Crippen molar-refractivity contribution in [2.24, 2.45) is 0 Å². The van der Waals surface area contributed by atoms with E-state index in [0.29, 0.717) is 6.42 Å². The summed E-state index contributed by atoms with van der Waals surface area (Å²) >= 11 is 5.02. The molecule has 0 fully saturated rings. The SMILES string of the molecule is Cc1cc(C(=O)Cc2cccc(Br)c2)cs1. The summed E-state index contributed by atoms with van der Waals surface area (Å²) in [6.07, 6.45) is 0.468. The second-order valence-electron chi connectivity index (χ2n) is 3.68. The Bertz CT molecular complexity index is 516. The number of carbonyl (C=O) groups excluding carboxylic acids is 1. The molecule has 0 saturated carbocycles. The third-order valence-corrected chi connectivity index (χ3v) is 3.66. The average Bonchev–Trinajstić information content (AvgIpc) is 2.65. The van der Waals surface area contributed by atoms with E-state index in [1.165, 1.54) is 4.88 Å². The predicted octanol–water partition coefficient (Wildman–Crippen LogP) is 4.24. The van der Waals surface area contributed by atoms with Gasteiger partial charge in [0, 0.05) is 26.7 Å². The topological polar surface area (TPSA) is 17.1 Å². The minimum absolute atomic E-state index is 0.183. The van der Waals surface area contributed by atoms with Gasteiger partial charge in [0.1, 0.15) is 0 Å². The van der Waals surface area contributed by atoms with E-state index >= 15 is 0 Å². The van der Waals surface area contributed by atoms with Crippen molar-refractivity contribution in [3.8, 4) is 0 Å². The first-order valence-corrected chi connectivity index (χ1v) is 6.65. The van der Waals surface area contributed by atoms with Crippen LogP contribution in [0.2, 0.25) is 0 Å². The Morgan fingerprint density at radius 1 is 1.38 bits per heavy atom. The van der Waals surface area contributed by atoms with E-state index in [2.05, 4.69) is 15.9 Å². The number of Topliss-reactive ketones (excluding diaryl/α,β-unsaturated/α-hetero) is 1. The number of rotatable bonds is 3. The van der Waals surface area contributed by atoms with E-state index in [9.17, 15) is 4.79 Å². The molecule has 0 atom stereocenters. The fourth-order valence-corrected chi connectivity index (χ4v) is 2.68. The molecule has 1 heterocycles. The molecule has 2 rings (SSSR count). The van der Waals surface area contributed by atoms with Crippen molar-refractivity contribution < 1.29 is 4.79 Å². The third kappa shape index (κ3) is 2.80. The number of aryl methyl sites for hydroxylation is 1. The Labute approximate surface area is 107 Å². The lowest BCUT2D eigenvalue weighted by atomic mass is 10.1. The average molecular weight is 295 g/mol. The van der Waals surface area contributed by atoms with Gasteiger partial charge >= 0.3 is 0 Å². The molecule has 0 aliphatic carbocycles. The van der Waals surface area contributed by atoms with Crippen LogP contribution < -0.4 is 0 Å². The summed E-state index contributed by atoms with van der Waals surface area (Å²) in [5, 5.41) is 1.93. The number of hydrogen-bond donors (Lipinski definition) is 0. The lowest BCUT2D eigenvalue weighted by Crippen LogP contribution is -2.01. The zero-order chi connectivity index (χ0) is 11.5. The number of halogens is 1. The zero-order valence-corrected chi connectivity index (χ0v) is 11.3. The van der Waals surface area contributed by atoms with E-state index in [0.717, 1.165) is 15.6 Å². The highest BCUT2D eigenvalue weighted by Crippen LogP contribution is 2.17. The van der Waals surface area contributed by atoms with Crippen LogP contribution in [0.15, 0.2) is 40.2 Å². The van der Waals surface area contributed by atoms with Gasteiger partial charge in [-0.05, 0) is 30.7 Å². The van der Waals surface area contributed by atoms with Crippen molar-refractivity contribution in [3.05, 3.63) is 56.2 Å². The van der Waals surface area contributed by atoms with Crippen LogP contribution in [0.25, 0.3) is 0 Å². The molecule has 0 aliphatic rings. The molecule has 1 aromatic heterocycles. The number of thiophene rings is 1. The summed E-state index contributed by atoms with van der Waals surface area (Å²) in [6, 6.07) is 9.82. The first-order valence-electron chi connectivity index (χ1n) is 4.98. The minimum Gasteiger partial charge on any atom is -0.294 e. The Morgan fingerprint density at radius 3 is 2.81 bits per heavy atom. The molecule has 0 radical (unpaired) electrons. The molecule has 0 spiro atoms. The molecule has 2 aromatic rings. The molecule has 1 nitrogen and oxygen atoms in total. The Kier molecular flexibility index (Phi) is 3.56. The van der Waals surface area contributed by atoms with Gasteiger partial charge in [-0.15, -0.1) is 11.3 Å². The van der Waals surface area contributed by atoms with Gasteiger partial charge in [-0.2, -0.15) is 0 Å². The molecular weight excluding hydrogens is 284 g/mol. The van der Waals surface area contributed by atoms with Crippen LogP contribution in [0.3, 0.4) is 0 Å². The molecule has 0 amide bonds. The molecule has 0 bridgehead atoms. The van der Waals surface area contributed by atoms with Crippen molar-refractivity contribution in [2.45, 2.75) is 13.3 Å². The van der Waals surface area contributed by atoms with Crippen LogP contribution in [-0.2, 0) is 6.42 Å². The third-order valence-electron chi connectivity index (χ3n) is 2.31. The predicted molar refractivity (Wildman–Crippen MR) is 71.2 cm³/mol. The van der Waals surface area contributed by atoms with Crippen LogP contribution in [0, 0.1) is 6.92 Å². The Hall–Kier alpha value is -0.930. The molecule has 0 saturated heterocycles. The van der Waals surface area contributed by atoms with Crippen molar-refractivity contribution in [1.29, 1.82) is 0 Å². The summed E-state index contributed by atoms with van der Waals surface area (Å²) in [5.41, 5.74) is 1.87. The molecular formula is C13H11BrOS. The van der Waals surface area contributed by atoms with Crippen molar-refractivity contribution in [1.82, 2.24) is 0 Å². The van der Waals surface area contributed by atoms with Crippen molar-refractivity contribution >= 4 is 33.0 Å². The standard InChI is InChI=1S/C13H11BrOS/c1-9-5-11(8-16-9)13(15)7-10-3-2-4-12(14)6-10/h2-6,8H,7H2,1H3. The second-order valence-corrected chi connectivity index (χ2v) is 5.71. The van der Waals surface area contributed by atoms with E-state index in [1.54, 1.807) is 11.3 Å². The monoisotopic (exact) mass is 294 g/mol. The van der Waals surface area contributed by atoms with Gasteiger partial charge in [0.2, 0.25) is 0 Å². The van der Waals surface area contributed by atoms with Gasteiger partial charge in [0.25, 0.3) is 0 Å². The molecule has 3 heteroatoms. The van der Waals surface area contributed by atoms with E-state index in [1.807, 2.05) is 42.6 Å². The first kappa shape index (κ1) is 11.6. The van der Waals surface area contributed by atoms with Gasteiger partial charge in [-0.1, -0.05) is 28.1 Å². The summed E-state index contributed by atoms with van der Waals surface area (Å²) in [5.74, 6) is 0.183. The lowest BCUT2D eigenvalue weighted by Gasteiger charge is -2.00. The maximum Gasteiger partial charge on any atom is 0.168 e. The fourth-order valence-electron chi connectivity index (χ4n) is 1.52.